The molecule has 1 saturated carbocycles. The van der Waals surface area contributed by atoms with Crippen LogP contribution in [0.2, 0.25) is 0 Å². The summed E-state index contributed by atoms with van der Waals surface area (Å²) in [6.45, 7) is 0.167. The van der Waals surface area contributed by atoms with E-state index in [1.165, 1.54) is 0 Å². The van der Waals surface area contributed by atoms with Gasteiger partial charge in [0, 0.05) is 12.6 Å². The van der Waals surface area contributed by atoms with E-state index in [4.69, 9.17) is 5.73 Å². The fourth-order valence-electron chi connectivity index (χ4n) is 2.91. The van der Waals surface area contributed by atoms with Gasteiger partial charge >= 0.3 is 0 Å². The van der Waals surface area contributed by atoms with Crippen molar-refractivity contribution >= 4 is 25.7 Å². The standard InChI is InChI=1S/C14H22FN3O4S2/c1-23(19,20)17-13-7-6-11(8-12(13)15)24(21,22)18-14(9-16)10-4-2-3-5-10/h6-8,10,14,17-18H,2-5,9,16H2,1H3. The van der Waals surface area contributed by atoms with Crippen LogP contribution in [-0.2, 0) is 20.0 Å². The van der Waals surface area contributed by atoms with E-state index in [1.54, 1.807) is 0 Å². The van der Waals surface area contributed by atoms with Crippen LogP contribution in [0.15, 0.2) is 23.1 Å². The molecular weight excluding hydrogens is 357 g/mol. The van der Waals surface area contributed by atoms with Crippen molar-refractivity contribution in [3.8, 4) is 0 Å². The minimum atomic E-state index is -3.94. The van der Waals surface area contributed by atoms with E-state index in [0.29, 0.717) is 0 Å². The van der Waals surface area contributed by atoms with Gasteiger partial charge in [0.15, 0.2) is 0 Å². The Morgan fingerprint density at radius 2 is 1.88 bits per heavy atom. The molecule has 10 heteroatoms. The maximum absolute atomic E-state index is 14.0. The molecule has 1 fully saturated rings. The summed E-state index contributed by atoms with van der Waals surface area (Å²) >= 11 is 0. The third-order valence-electron chi connectivity index (χ3n) is 4.08. The topological polar surface area (TPSA) is 118 Å². The highest BCUT2D eigenvalue weighted by Gasteiger charge is 2.28. The summed E-state index contributed by atoms with van der Waals surface area (Å²) < 4.78 is 65.7. The maximum Gasteiger partial charge on any atom is 0.240 e. The van der Waals surface area contributed by atoms with Crippen LogP contribution in [-0.4, -0.2) is 35.7 Å². The Morgan fingerprint density at radius 1 is 1.25 bits per heavy atom. The Kier molecular flexibility index (Phi) is 5.84. The van der Waals surface area contributed by atoms with Crippen LogP contribution in [0.4, 0.5) is 10.1 Å². The first-order valence-corrected chi connectivity index (χ1v) is 11.0. The van der Waals surface area contributed by atoms with E-state index in [-0.39, 0.29) is 23.0 Å². The van der Waals surface area contributed by atoms with Crippen molar-refractivity contribution in [2.24, 2.45) is 11.7 Å². The summed E-state index contributed by atoms with van der Waals surface area (Å²) in [6, 6.07) is 2.63. The summed E-state index contributed by atoms with van der Waals surface area (Å²) in [5, 5.41) is 0. The fraction of sp³-hybridized carbons (Fsp3) is 0.571. The van der Waals surface area contributed by atoms with Gasteiger partial charge < -0.3 is 5.73 Å². The molecule has 1 atom stereocenters. The van der Waals surface area contributed by atoms with Gasteiger partial charge in [0.25, 0.3) is 0 Å². The lowest BCUT2D eigenvalue weighted by Crippen LogP contribution is -2.44. The van der Waals surface area contributed by atoms with Crippen LogP contribution < -0.4 is 15.2 Å². The highest BCUT2D eigenvalue weighted by atomic mass is 32.2. The largest absolute Gasteiger partial charge is 0.329 e. The summed E-state index contributed by atoms with van der Waals surface area (Å²) in [7, 11) is -7.59. The highest BCUT2D eigenvalue weighted by Crippen LogP contribution is 2.28. The first-order chi connectivity index (χ1) is 11.1. The number of hydrogen-bond donors (Lipinski definition) is 3. The zero-order valence-corrected chi connectivity index (χ0v) is 15.0. The van der Waals surface area contributed by atoms with Crippen LogP contribution >= 0.6 is 0 Å². The molecule has 1 aromatic rings. The number of halogens is 1. The Bertz CT molecular complexity index is 790. The predicted molar refractivity (Wildman–Crippen MR) is 90.0 cm³/mol. The molecule has 4 N–H and O–H groups in total. The summed E-state index contributed by atoms with van der Waals surface area (Å²) in [6.07, 6.45) is 4.80. The van der Waals surface area contributed by atoms with E-state index in [1.807, 2.05) is 4.72 Å². The number of sulfonamides is 2. The third-order valence-corrected chi connectivity index (χ3v) is 6.15. The van der Waals surface area contributed by atoms with E-state index < -0.39 is 31.9 Å². The zero-order chi connectivity index (χ0) is 18.0. The quantitative estimate of drug-likeness (QED) is 0.653. The normalized spacial score (nSPS) is 17.8. The van der Waals surface area contributed by atoms with E-state index >= 15 is 0 Å². The van der Waals surface area contributed by atoms with Crippen LogP contribution in [0, 0.1) is 11.7 Å². The van der Waals surface area contributed by atoms with Gasteiger partial charge in [-0.2, -0.15) is 0 Å². The van der Waals surface area contributed by atoms with Crippen molar-refractivity contribution < 1.29 is 21.2 Å². The lowest BCUT2D eigenvalue weighted by Gasteiger charge is -2.23. The summed E-state index contributed by atoms with van der Waals surface area (Å²) in [5.41, 5.74) is 5.38. The van der Waals surface area contributed by atoms with Crippen molar-refractivity contribution in [2.75, 3.05) is 17.5 Å². The first-order valence-electron chi connectivity index (χ1n) is 7.62. The average molecular weight is 379 g/mol. The molecule has 1 unspecified atom stereocenters. The van der Waals surface area contributed by atoms with Gasteiger partial charge in [0.05, 0.1) is 16.8 Å². The molecule has 0 heterocycles. The molecule has 0 aromatic heterocycles. The molecule has 1 aliphatic carbocycles. The molecule has 0 bridgehead atoms. The fourth-order valence-corrected chi connectivity index (χ4v) is 4.80. The molecule has 1 aromatic carbocycles. The van der Waals surface area contributed by atoms with Crippen molar-refractivity contribution in [1.29, 1.82) is 0 Å². The van der Waals surface area contributed by atoms with Crippen LogP contribution in [0.25, 0.3) is 0 Å². The molecule has 0 radical (unpaired) electrons. The highest BCUT2D eigenvalue weighted by molar-refractivity contribution is 7.92. The second-order valence-electron chi connectivity index (χ2n) is 6.02. The van der Waals surface area contributed by atoms with E-state index in [0.717, 1.165) is 50.1 Å². The SMILES string of the molecule is CS(=O)(=O)Nc1ccc(S(=O)(=O)NC(CN)C2CCCC2)cc1F. The predicted octanol–water partition coefficient (Wildman–Crippen LogP) is 0.993. The lowest BCUT2D eigenvalue weighted by molar-refractivity contribution is 0.405. The maximum atomic E-state index is 14.0. The second kappa shape index (κ2) is 7.34. The molecule has 0 amide bonds. The number of rotatable bonds is 7. The van der Waals surface area contributed by atoms with Crippen molar-refractivity contribution in [2.45, 2.75) is 36.6 Å². The molecule has 0 aliphatic heterocycles. The Balaban J connectivity index is 2.21. The van der Waals surface area contributed by atoms with E-state index in [2.05, 4.69) is 4.72 Å². The Hall–Kier alpha value is -1.23. The number of benzene rings is 1. The van der Waals surface area contributed by atoms with Crippen LogP contribution in [0.5, 0.6) is 0 Å². The van der Waals surface area contributed by atoms with Gasteiger partial charge in [-0.3, -0.25) is 4.72 Å². The second-order valence-corrected chi connectivity index (χ2v) is 9.49. The number of nitrogens with one attached hydrogen (secondary N) is 2. The van der Waals surface area contributed by atoms with Crippen molar-refractivity contribution in [3.63, 3.8) is 0 Å². The Morgan fingerprint density at radius 3 is 2.38 bits per heavy atom. The minimum absolute atomic E-state index is 0.167. The molecule has 1 aliphatic rings. The van der Waals surface area contributed by atoms with E-state index in [9.17, 15) is 21.2 Å². The molecule has 2 rings (SSSR count). The average Bonchev–Trinajstić information content (AvgIpc) is 2.99. The molecule has 0 spiro atoms. The molecule has 7 nitrogen and oxygen atoms in total. The van der Waals surface area contributed by atoms with Gasteiger partial charge in [-0.15, -0.1) is 0 Å². The number of nitrogens with two attached hydrogens (primary N) is 1. The third kappa shape index (κ3) is 4.88. The van der Waals surface area contributed by atoms with Crippen molar-refractivity contribution in [1.82, 2.24) is 4.72 Å². The number of hydrogen-bond acceptors (Lipinski definition) is 5. The Labute approximate surface area is 141 Å². The van der Waals surface area contributed by atoms with Gasteiger partial charge in [-0.25, -0.2) is 25.9 Å². The number of anilines is 1. The smallest absolute Gasteiger partial charge is 0.240 e. The molecule has 0 saturated heterocycles. The summed E-state index contributed by atoms with van der Waals surface area (Å²) in [4.78, 5) is -0.268. The van der Waals surface area contributed by atoms with Gasteiger partial charge in [-0.05, 0) is 37.0 Å². The lowest BCUT2D eigenvalue weighted by atomic mass is 9.99. The summed E-state index contributed by atoms with van der Waals surface area (Å²) in [5.74, 6) is -0.783. The molecule has 24 heavy (non-hydrogen) atoms. The van der Waals surface area contributed by atoms with Gasteiger partial charge in [-0.1, -0.05) is 12.8 Å². The van der Waals surface area contributed by atoms with Gasteiger partial charge in [0.2, 0.25) is 20.0 Å². The molecule has 136 valence electrons. The van der Waals surface area contributed by atoms with Crippen LogP contribution in [0.3, 0.4) is 0 Å². The first kappa shape index (κ1) is 19.1. The minimum Gasteiger partial charge on any atom is -0.329 e. The van der Waals surface area contributed by atoms with Crippen molar-refractivity contribution in [3.05, 3.63) is 24.0 Å². The monoisotopic (exact) mass is 379 g/mol. The van der Waals surface area contributed by atoms with Crippen LogP contribution in [0.1, 0.15) is 25.7 Å². The zero-order valence-electron chi connectivity index (χ0n) is 13.3. The molecular formula is C14H22FN3O4S2. The van der Waals surface area contributed by atoms with Gasteiger partial charge in [0.1, 0.15) is 5.82 Å².